The first-order valence-corrected chi connectivity index (χ1v) is 16.1. The number of Topliss-reactive ketones (excluding diaryl/α,β-unsaturated/α-hetero) is 1. The van der Waals surface area contributed by atoms with Crippen LogP contribution >= 0.6 is 11.6 Å². The van der Waals surface area contributed by atoms with Crippen LogP contribution in [0.25, 0.3) is 11.1 Å². The van der Waals surface area contributed by atoms with Crippen molar-refractivity contribution in [3.8, 4) is 11.5 Å². The van der Waals surface area contributed by atoms with Gasteiger partial charge in [-0.2, -0.15) is 0 Å². The summed E-state index contributed by atoms with van der Waals surface area (Å²) in [5.41, 5.74) is 1.68. The molecule has 7 heteroatoms. The number of anilines is 1. The summed E-state index contributed by atoms with van der Waals surface area (Å²) < 4.78 is 11.0. The number of carbonyl (C=O) groups is 3. The van der Waals surface area contributed by atoms with Gasteiger partial charge in [-0.25, -0.2) is 4.90 Å². The number of nitrogens with zero attached hydrogens (tertiary/aromatic N) is 1. The lowest BCUT2D eigenvalue weighted by molar-refractivity contribution is -0.130. The second-order valence-corrected chi connectivity index (χ2v) is 12.8. The Bertz CT molecular complexity index is 1980. The lowest BCUT2D eigenvalue weighted by Gasteiger charge is -2.39. The van der Waals surface area contributed by atoms with Crippen LogP contribution < -0.4 is 14.4 Å². The topological polar surface area (TPSA) is 72.9 Å². The Morgan fingerprint density at radius 3 is 1.31 bits per heavy atom. The van der Waals surface area contributed by atoms with Gasteiger partial charge in [-0.1, -0.05) is 96.5 Å². The number of hydrogen-bond donors (Lipinski definition) is 0. The first kappa shape index (κ1) is 29.9. The molecule has 1 aliphatic heterocycles. The van der Waals surface area contributed by atoms with Crippen molar-refractivity contribution in [3.63, 3.8) is 0 Å². The van der Waals surface area contributed by atoms with Crippen LogP contribution in [0.3, 0.4) is 0 Å². The summed E-state index contributed by atoms with van der Waals surface area (Å²) in [5, 5.41) is 0.486. The SMILES string of the molecule is COc1ccc(C2=C(c3ccc(OC)cc3)[C@@]3(c4ccccc4)C(=O)[C@@]2(c2ccccc2)[C@@H]2C(=O)N(c4ccc(Cl)cc4)C(=O)[C@H]23)cc1. The van der Waals surface area contributed by atoms with Gasteiger partial charge in [0.15, 0.2) is 5.78 Å². The molecular formula is C41H30ClNO5. The van der Waals surface area contributed by atoms with Gasteiger partial charge in [0.1, 0.15) is 11.5 Å². The third-order valence-corrected chi connectivity index (χ3v) is 10.5. The molecule has 236 valence electrons. The van der Waals surface area contributed by atoms with Crippen LogP contribution in [0, 0.1) is 11.8 Å². The van der Waals surface area contributed by atoms with Gasteiger partial charge in [-0.15, -0.1) is 0 Å². The predicted molar refractivity (Wildman–Crippen MR) is 185 cm³/mol. The number of rotatable bonds is 7. The minimum absolute atomic E-state index is 0.184. The van der Waals surface area contributed by atoms with Crippen LogP contribution in [0.1, 0.15) is 22.3 Å². The van der Waals surface area contributed by atoms with Gasteiger partial charge >= 0.3 is 0 Å². The molecule has 5 aromatic rings. The second kappa shape index (κ2) is 11.1. The van der Waals surface area contributed by atoms with E-state index in [4.69, 9.17) is 21.1 Å². The van der Waals surface area contributed by atoms with E-state index in [9.17, 15) is 0 Å². The third-order valence-electron chi connectivity index (χ3n) is 10.3. The van der Waals surface area contributed by atoms with Crippen LogP contribution in [0.15, 0.2) is 133 Å². The maximum absolute atomic E-state index is 16.0. The Hall–Kier alpha value is -5.46. The highest BCUT2D eigenvalue weighted by molar-refractivity contribution is 6.39. The molecule has 0 unspecified atom stereocenters. The highest BCUT2D eigenvalue weighted by atomic mass is 35.5. The molecule has 4 atom stereocenters. The van der Waals surface area contributed by atoms with Crippen molar-refractivity contribution in [2.75, 3.05) is 19.1 Å². The molecule has 0 spiro atoms. The van der Waals surface area contributed by atoms with E-state index in [1.54, 1.807) is 38.5 Å². The van der Waals surface area contributed by atoms with Gasteiger partial charge in [0.2, 0.25) is 11.8 Å². The van der Waals surface area contributed by atoms with Gasteiger partial charge in [0, 0.05) is 5.02 Å². The number of imide groups is 1. The number of ketones is 1. The fourth-order valence-electron chi connectivity index (χ4n) is 8.48. The molecule has 1 saturated carbocycles. The van der Waals surface area contributed by atoms with E-state index < -0.39 is 34.5 Å². The summed E-state index contributed by atoms with van der Waals surface area (Å²) in [6.07, 6.45) is 0. The largest absolute Gasteiger partial charge is 0.497 e. The number of carbonyl (C=O) groups excluding carboxylic acids is 3. The predicted octanol–water partition coefficient (Wildman–Crippen LogP) is 7.55. The molecule has 1 heterocycles. The number of hydrogen-bond acceptors (Lipinski definition) is 5. The van der Waals surface area contributed by atoms with E-state index in [0.29, 0.717) is 44.5 Å². The molecular weight excluding hydrogens is 622 g/mol. The van der Waals surface area contributed by atoms with Crippen molar-refractivity contribution in [1.29, 1.82) is 0 Å². The number of fused-ring (bicyclic) bond motifs is 5. The highest BCUT2D eigenvalue weighted by Gasteiger charge is 2.82. The summed E-state index contributed by atoms with van der Waals surface area (Å²) in [6.45, 7) is 0. The van der Waals surface area contributed by atoms with Crippen molar-refractivity contribution < 1.29 is 23.9 Å². The fourth-order valence-corrected chi connectivity index (χ4v) is 8.61. The molecule has 0 radical (unpaired) electrons. The summed E-state index contributed by atoms with van der Waals surface area (Å²) in [5.74, 6) is -1.74. The zero-order chi connectivity index (χ0) is 33.2. The minimum atomic E-state index is -1.50. The molecule has 2 aliphatic carbocycles. The van der Waals surface area contributed by atoms with Gasteiger partial charge < -0.3 is 9.47 Å². The lowest BCUT2D eigenvalue weighted by atomic mass is 9.59. The molecule has 2 amide bonds. The van der Waals surface area contributed by atoms with Crippen molar-refractivity contribution in [2.24, 2.45) is 11.8 Å². The standard InChI is InChI=1S/C41H30ClNO5/c1-47-31-21-13-25(14-22-31)33-34(26-15-23-32(48-2)24-16-26)41(28-11-7-4-8-12-28)36-35(40(33,39(41)46)27-9-5-3-6-10-27)37(44)43(38(36)45)30-19-17-29(42)18-20-30/h3-24,35-36H,1-2H3/t35-,36-,40+,41+/m0/s1. The van der Waals surface area contributed by atoms with Crippen molar-refractivity contribution >= 4 is 46.0 Å². The first-order chi connectivity index (χ1) is 23.4. The molecule has 6 nitrogen and oxygen atoms in total. The van der Waals surface area contributed by atoms with Gasteiger partial charge in [-0.3, -0.25) is 14.4 Å². The summed E-state index contributed by atoms with van der Waals surface area (Å²) in [4.78, 5) is 47.3. The molecule has 8 rings (SSSR count). The number of allylic oxidation sites excluding steroid dienone is 2. The Labute approximate surface area is 283 Å². The van der Waals surface area contributed by atoms with Crippen molar-refractivity contribution in [1.82, 2.24) is 0 Å². The molecule has 0 N–H and O–H groups in total. The average molecular weight is 652 g/mol. The van der Waals surface area contributed by atoms with Crippen molar-refractivity contribution in [2.45, 2.75) is 10.8 Å². The Kier molecular flexibility index (Phi) is 6.90. The molecule has 3 aliphatic rings. The zero-order valence-electron chi connectivity index (χ0n) is 26.2. The van der Waals surface area contributed by atoms with Crippen LogP contribution in [-0.4, -0.2) is 31.8 Å². The summed E-state index contributed by atoms with van der Waals surface area (Å²) in [6, 6.07) is 40.7. The second-order valence-electron chi connectivity index (χ2n) is 12.3. The highest BCUT2D eigenvalue weighted by Crippen LogP contribution is 2.74. The van der Waals surface area contributed by atoms with E-state index in [1.165, 1.54) is 4.90 Å². The van der Waals surface area contributed by atoms with Gasteiger partial charge in [0.05, 0.1) is 42.6 Å². The fraction of sp³-hybridized carbons (Fsp3) is 0.146. The van der Waals surface area contributed by atoms with Crippen molar-refractivity contribution in [3.05, 3.63) is 161 Å². The zero-order valence-corrected chi connectivity index (χ0v) is 27.0. The quantitative estimate of drug-likeness (QED) is 0.170. The van der Waals surface area contributed by atoms with Crippen LogP contribution in [0.5, 0.6) is 11.5 Å². The number of halogens is 1. The molecule has 2 fully saturated rings. The lowest BCUT2D eigenvalue weighted by Crippen LogP contribution is -2.45. The minimum Gasteiger partial charge on any atom is -0.497 e. The van der Waals surface area contributed by atoms with Gasteiger partial charge in [0.25, 0.3) is 0 Å². The molecule has 1 saturated heterocycles. The third kappa shape index (κ3) is 3.84. The molecule has 0 aromatic heterocycles. The maximum atomic E-state index is 16.0. The molecule has 2 bridgehead atoms. The van der Waals surface area contributed by atoms with E-state index in [0.717, 1.165) is 11.1 Å². The molecule has 48 heavy (non-hydrogen) atoms. The normalized spacial score (nSPS) is 24.3. The Morgan fingerprint density at radius 1 is 0.542 bits per heavy atom. The van der Waals surface area contributed by atoms with Gasteiger partial charge in [-0.05, 0) is 81.9 Å². The molecule has 5 aromatic carbocycles. The average Bonchev–Trinajstić information content (AvgIpc) is 3.65. The van der Waals surface area contributed by atoms with Crippen LogP contribution in [0.4, 0.5) is 5.69 Å². The smallest absolute Gasteiger partial charge is 0.239 e. The Balaban J connectivity index is 1.54. The number of methoxy groups -OCH3 is 2. The monoisotopic (exact) mass is 651 g/mol. The van der Waals surface area contributed by atoms with Crippen LogP contribution in [0.2, 0.25) is 5.02 Å². The van der Waals surface area contributed by atoms with E-state index in [-0.39, 0.29) is 5.78 Å². The Morgan fingerprint density at radius 2 is 0.938 bits per heavy atom. The summed E-state index contributed by atoms with van der Waals surface area (Å²) >= 11 is 6.23. The number of ether oxygens (including phenoxy) is 2. The van der Waals surface area contributed by atoms with E-state index in [2.05, 4.69) is 0 Å². The van der Waals surface area contributed by atoms with E-state index in [1.807, 2.05) is 109 Å². The maximum Gasteiger partial charge on any atom is 0.239 e. The number of amides is 2. The summed E-state index contributed by atoms with van der Waals surface area (Å²) in [7, 11) is 3.21. The number of benzene rings is 5. The first-order valence-electron chi connectivity index (χ1n) is 15.7. The van der Waals surface area contributed by atoms with E-state index >= 15 is 14.4 Å². The van der Waals surface area contributed by atoms with Crippen LogP contribution in [-0.2, 0) is 25.2 Å².